The predicted octanol–water partition coefficient (Wildman–Crippen LogP) is 5.32. The molecule has 3 rings (SSSR count). The Kier molecular flexibility index (Phi) is 7.21. The molecule has 0 radical (unpaired) electrons. The molecule has 1 fully saturated rings. The van der Waals surface area contributed by atoms with Crippen molar-refractivity contribution in [2.45, 2.75) is 31.3 Å². The monoisotopic (exact) mass is 488 g/mol. The highest BCUT2D eigenvalue weighted by molar-refractivity contribution is 7.89. The number of anilines is 1. The van der Waals surface area contributed by atoms with Crippen LogP contribution in [0.25, 0.3) is 0 Å². The second-order valence-corrected chi connectivity index (χ2v) is 10.6. The third kappa shape index (κ3) is 5.63. The Bertz CT molecular complexity index is 1100. The van der Waals surface area contributed by atoms with Crippen molar-refractivity contribution in [1.29, 1.82) is 0 Å². The highest BCUT2D eigenvalue weighted by Gasteiger charge is 2.34. The van der Waals surface area contributed by atoms with Gasteiger partial charge in [0.15, 0.2) is 5.78 Å². The third-order valence-corrected chi connectivity index (χ3v) is 7.51. The number of nitrogens with zero attached hydrogens (tertiary/aromatic N) is 1. The van der Waals surface area contributed by atoms with Gasteiger partial charge in [-0.3, -0.25) is 4.79 Å². The Hall–Kier alpha value is -2.10. The highest BCUT2D eigenvalue weighted by Crippen LogP contribution is 2.36. The number of ketones is 1. The van der Waals surface area contributed by atoms with Gasteiger partial charge in [-0.2, -0.15) is 17.5 Å². The molecule has 2 aromatic rings. The van der Waals surface area contributed by atoms with Gasteiger partial charge in [-0.05, 0) is 48.6 Å². The van der Waals surface area contributed by atoms with Gasteiger partial charge in [0.05, 0.1) is 22.0 Å². The van der Waals surface area contributed by atoms with Gasteiger partial charge < -0.3 is 5.32 Å². The first kappa shape index (κ1) is 24.5. The maximum Gasteiger partial charge on any atom is 0.417 e. The number of Topliss-reactive ketones (excluding diaryl/α,β-unsaturated/α-hetero) is 1. The van der Waals surface area contributed by atoms with Crippen molar-refractivity contribution < 1.29 is 26.4 Å². The molecule has 2 unspecified atom stereocenters. The molecular formula is C22H24ClF3N2O3S. The normalized spacial score (nSPS) is 20.2. The van der Waals surface area contributed by atoms with Gasteiger partial charge in [-0.1, -0.05) is 37.6 Å². The van der Waals surface area contributed by atoms with Crippen molar-refractivity contribution in [3.05, 3.63) is 58.6 Å². The van der Waals surface area contributed by atoms with Crippen LogP contribution in [-0.4, -0.2) is 38.1 Å². The lowest BCUT2D eigenvalue weighted by Gasteiger charge is -2.34. The fourth-order valence-electron chi connectivity index (χ4n) is 3.92. The Labute approximate surface area is 190 Å². The summed E-state index contributed by atoms with van der Waals surface area (Å²) in [6.45, 7) is 4.55. The van der Waals surface area contributed by atoms with Crippen LogP contribution in [0.2, 0.25) is 5.02 Å². The van der Waals surface area contributed by atoms with E-state index in [1.54, 1.807) is 0 Å². The first-order chi connectivity index (χ1) is 14.9. The van der Waals surface area contributed by atoms with Gasteiger partial charge >= 0.3 is 6.18 Å². The minimum atomic E-state index is -4.62. The lowest BCUT2D eigenvalue weighted by molar-refractivity contribution is -0.137. The highest BCUT2D eigenvalue weighted by atomic mass is 35.5. The van der Waals surface area contributed by atoms with Gasteiger partial charge in [0.2, 0.25) is 10.0 Å². The van der Waals surface area contributed by atoms with Crippen LogP contribution in [-0.2, 0) is 16.2 Å². The second kappa shape index (κ2) is 9.41. The molecule has 5 nitrogen and oxygen atoms in total. The van der Waals surface area contributed by atoms with E-state index in [0.29, 0.717) is 13.1 Å². The molecule has 174 valence electrons. The van der Waals surface area contributed by atoms with Crippen LogP contribution >= 0.6 is 11.6 Å². The maximum atomic E-state index is 13.1. The Balaban J connectivity index is 1.75. The van der Waals surface area contributed by atoms with Crippen molar-refractivity contribution in [2.24, 2.45) is 11.8 Å². The summed E-state index contributed by atoms with van der Waals surface area (Å²) in [7, 11) is -3.76. The molecule has 0 aromatic heterocycles. The van der Waals surface area contributed by atoms with Crippen LogP contribution < -0.4 is 5.32 Å². The van der Waals surface area contributed by atoms with E-state index in [4.69, 9.17) is 11.6 Å². The minimum absolute atomic E-state index is 0.0236. The summed E-state index contributed by atoms with van der Waals surface area (Å²) in [4.78, 5) is 12.6. The first-order valence-corrected chi connectivity index (χ1v) is 11.9. The number of rotatable bonds is 6. The molecule has 2 atom stereocenters. The quantitative estimate of drug-likeness (QED) is 0.559. The zero-order chi connectivity index (χ0) is 23.7. The number of hydrogen-bond donors (Lipinski definition) is 1. The predicted molar refractivity (Wildman–Crippen MR) is 117 cm³/mol. The molecule has 1 heterocycles. The van der Waals surface area contributed by atoms with E-state index in [-0.39, 0.29) is 34.5 Å². The van der Waals surface area contributed by atoms with Crippen LogP contribution in [0.5, 0.6) is 0 Å². The number of sulfonamides is 1. The summed E-state index contributed by atoms with van der Waals surface area (Å²) in [5.41, 5.74) is -0.772. The molecule has 1 aliphatic rings. The van der Waals surface area contributed by atoms with Crippen LogP contribution in [0.3, 0.4) is 0 Å². The smallest absolute Gasteiger partial charge is 0.378 e. The fourth-order valence-corrected chi connectivity index (χ4v) is 5.87. The lowest BCUT2D eigenvalue weighted by atomic mass is 9.94. The van der Waals surface area contributed by atoms with Crippen molar-refractivity contribution in [3.8, 4) is 0 Å². The van der Waals surface area contributed by atoms with Gasteiger partial charge in [0.25, 0.3) is 0 Å². The van der Waals surface area contributed by atoms with Crippen molar-refractivity contribution >= 4 is 33.1 Å². The number of carbonyl (C=O) groups excluding carboxylic acids is 1. The molecule has 1 N–H and O–H groups in total. The molecule has 2 aromatic carbocycles. The third-order valence-electron chi connectivity index (χ3n) is 5.35. The number of halogens is 4. The molecule has 32 heavy (non-hydrogen) atoms. The standard InChI is InChI=1S/C22H24ClF3N2O3S/c1-14-8-15(2)13-28(12-14)32(30,31)18-5-3-4-16(9-18)21(29)11-27-17-6-7-20(23)19(10-17)22(24,25)26/h3-7,9-10,14-15,27H,8,11-13H2,1-2H3. The Morgan fingerprint density at radius 2 is 1.78 bits per heavy atom. The van der Waals surface area contributed by atoms with Crippen LogP contribution in [0.4, 0.5) is 18.9 Å². The van der Waals surface area contributed by atoms with E-state index in [1.807, 2.05) is 13.8 Å². The molecule has 1 saturated heterocycles. The van der Waals surface area contributed by atoms with E-state index in [1.165, 1.54) is 34.6 Å². The molecule has 0 bridgehead atoms. The summed E-state index contributed by atoms with van der Waals surface area (Å²) < 4.78 is 66.6. The number of carbonyl (C=O) groups is 1. The molecule has 10 heteroatoms. The maximum absolute atomic E-state index is 13.1. The number of nitrogens with one attached hydrogen (secondary N) is 1. The Morgan fingerprint density at radius 1 is 1.12 bits per heavy atom. The largest absolute Gasteiger partial charge is 0.417 e. The van der Waals surface area contributed by atoms with Crippen molar-refractivity contribution in [1.82, 2.24) is 4.31 Å². The van der Waals surface area contributed by atoms with E-state index in [9.17, 15) is 26.4 Å². The Morgan fingerprint density at radius 3 is 2.41 bits per heavy atom. The summed E-state index contributed by atoms with van der Waals surface area (Å²) >= 11 is 5.61. The zero-order valence-corrected chi connectivity index (χ0v) is 19.2. The minimum Gasteiger partial charge on any atom is -0.378 e. The number of piperidine rings is 1. The van der Waals surface area contributed by atoms with E-state index < -0.39 is 32.6 Å². The first-order valence-electron chi connectivity index (χ1n) is 10.1. The number of alkyl halides is 3. The van der Waals surface area contributed by atoms with Crippen molar-refractivity contribution in [2.75, 3.05) is 25.0 Å². The van der Waals surface area contributed by atoms with E-state index >= 15 is 0 Å². The summed E-state index contributed by atoms with van der Waals surface area (Å²) in [5.74, 6) is 0.0259. The number of hydrogen-bond acceptors (Lipinski definition) is 4. The number of benzene rings is 2. The molecular weight excluding hydrogens is 465 g/mol. The molecule has 1 aliphatic heterocycles. The SMILES string of the molecule is CC1CC(C)CN(S(=O)(=O)c2cccc(C(=O)CNc3ccc(Cl)c(C(F)(F)F)c3)c2)C1. The molecule has 0 amide bonds. The summed E-state index contributed by atoms with van der Waals surface area (Å²) in [6, 6.07) is 8.99. The van der Waals surface area contributed by atoms with E-state index in [2.05, 4.69) is 5.32 Å². The average Bonchev–Trinajstić information content (AvgIpc) is 2.71. The second-order valence-electron chi connectivity index (χ2n) is 8.27. The molecule has 0 saturated carbocycles. The van der Waals surface area contributed by atoms with Gasteiger partial charge in [-0.25, -0.2) is 8.42 Å². The van der Waals surface area contributed by atoms with Crippen LogP contribution in [0, 0.1) is 11.8 Å². The van der Waals surface area contributed by atoms with Gasteiger partial charge in [0, 0.05) is 24.3 Å². The van der Waals surface area contributed by atoms with Crippen LogP contribution in [0.15, 0.2) is 47.4 Å². The molecule has 0 spiro atoms. The lowest BCUT2D eigenvalue weighted by Crippen LogP contribution is -2.42. The summed E-state index contributed by atoms with van der Waals surface area (Å²) in [5, 5.41) is 2.21. The fraction of sp³-hybridized carbons (Fsp3) is 0.409. The van der Waals surface area contributed by atoms with Gasteiger partial charge in [-0.15, -0.1) is 0 Å². The summed E-state index contributed by atoms with van der Waals surface area (Å²) in [6.07, 6.45) is -3.66. The van der Waals surface area contributed by atoms with Crippen LogP contribution in [0.1, 0.15) is 36.2 Å². The zero-order valence-electron chi connectivity index (χ0n) is 17.6. The van der Waals surface area contributed by atoms with Gasteiger partial charge in [0.1, 0.15) is 0 Å². The average molecular weight is 489 g/mol. The molecule has 0 aliphatic carbocycles. The topological polar surface area (TPSA) is 66.5 Å². The van der Waals surface area contributed by atoms with E-state index in [0.717, 1.165) is 18.6 Å². The van der Waals surface area contributed by atoms with Crippen molar-refractivity contribution in [3.63, 3.8) is 0 Å².